The van der Waals surface area contributed by atoms with Crippen LogP contribution in [-0.2, 0) is 4.74 Å². The third-order valence-corrected chi connectivity index (χ3v) is 3.03. The van der Waals surface area contributed by atoms with Gasteiger partial charge in [-0.05, 0) is 25.1 Å². The average molecular weight is 251 g/mol. The van der Waals surface area contributed by atoms with Crippen molar-refractivity contribution in [1.29, 1.82) is 0 Å². The molecule has 1 aliphatic heterocycles. The Morgan fingerprint density at radius 3 is 2.89 bits per heavy atom. The van der Waals surface area contributed by atoms with Crippen LogP contribution < -0.4 is 10.1 Å². The van der Waals surface area contributed by atoms with Gasteiger partial charge in [0.1, 0.15) is 11.6 Å². The highest BCUT2D eigenvalue weighted by atomic mass is 16.5. The Balaban J connectivity index is 1.62. The van der Waals surface area contributed by atoms with E-state index in [4.69, 9.17) is 9.47 Å². The molecule has 1 saturated heterocycles. The minimum atomic E-state index is 0.786. The van der Waals surface area contributed by atoms with Crippen molar-refractivity contribution in [2.45, 2.75) is 6.42 Å². The van der Waals surface area contributed by atoms with Gasteiger partial charge in [-0.2, -0.15) is 0 Å². The van der Waals surface area contributed by atoms with Crippen LogP contribution in [0, 0.1) is 0 Å². The number of pyridine rings is 1. The Kier molecular flexibility index (Phi) is 5.23. The molecule has 0 bridgehead atoms. The van der Waals surface area contributed by atoms with E-state index in [0.717, 1.165) is 57.4 Å². The molecule has 0 amide bonds. The van der Waals surface area contributed by atoms with Crippen LogP contribution in [-0.4, -0.2) is 56.4 Å². The number of nitrogens with zero attached hydrogens (tertiary/aromatic N) is 2. The van der Waals surface area contributed by atoms with E-state index in [0.29, 0.717) is 0 Å². The molecule has 0 atom stereocenters. The number of nitrogens with one attached hydrogen (secondary N) is 1. The number of methoxy groups -OCH3 is 1. The monoisotopic (exact) mass is 251 g/mol. The van der Waals surface area contributed by atoms with Crippen molar-refractivity contribution in [3.63, 3.8) is 0 Å². The van der Waals surface area contributed by atoms with Crippen molar-refractivity contribution in [3.05, 3.63) is 18.3 Å². The molecule has 1 N–H and O–H groups in total. The lowest BCUT2D eigenvalue weighted by Crippen LogP contribution is -2.37. The van der Waals surface area contributed by atoms with E-state index in [2.05, 4.69) is 15.2 Å². The van der Waals surface area contributed by atoms with Crippen LogP contribution in [0.3, 0.4) is 0 Å². The molecule has 2 heterocycles. The highest BCUT2D eigenvalue weighted by Gasteiger charge is 2.08. The Morgan fingerprint density at radius 1 is 1.39 bits per heavy atom. The Labute approximate surface area is 108 Å². The largest absolute Gasteiger partial charge is 0.495 e. The second kappa shape index (κ2) is 7.18. The van der Waals surface area contributed by atoms with E-state index < -0.39 is 0 Å². The zero-order chi connectivity index (χ0) is 12.6. The van der Waals surface area contributed by atoms with Gasteiger partial charge in [0.25, 0.3) is 0 Å². The van der Waals surface area contributed by atoms with Crippen LogP contribution >= 0.6 is 0 Å². The van der Waals surface area contributed by atoms with Gasteiger partial charge in [0.15, 0.2) is 0 Å². The average Bonchev–Trinajstić information content (AvgIpc) is 2.45. The molecule has 0 aliphatic carbocycles. The summed E-state index contributed by atoms with van der Waals surface area (Å²) in [7, 11) is 1.65. The summed E-state index contributed by atoms with van der Waals surface area (Å²) in [4.78, 5) is 6.70. The van der Waals surface area contributed by atoms with Crippen LogP contribution in [0.4, 0.5) is 5.82 Å². The molecular formula is C13H21N3O2. The molecular weight excluding hydrogens is 230 g/mol. The van der Waals surface area contributed by atoms with Crippen LogP contribution in [0.25, 0.3) is 0 Å². The highest BCUT2D eigenvalue weighted by Crippen LogP contribution is 2.10. The number of hydrogen-bond donors (Lipinski definition) is 1. The van der Waals surface area contributed by atoms with Gasteiger partial charge in [-0.1, -0.05) is 0 Å². The van der Waals surface area contributed by atoms with E-state index >= 15 is 0 Å². The van der Waals surface area contributed by atoms with Gasteiger partial charge >= 0.3 is 0 Å². The third-order valence-electron chi connectivity index (χ3n) is 3.03. The fourth-order valence-corrected chi connectivity index (χ4v) is 1.95. The van der Waals surface area contributed by atoms with Gasteiger partial charge in [0, 0.05) is 19.6 Å². The number of hydrogen-bond acceptors (Lipinski definition) is 5. The fourth-order valence-electron chi connectivity index (χ4n) is 1.95. The van der Waals surface area contributed by atoms with Crippen molar-refractivity contribution >= 4 is 5.82 Å². The molecule has 1 aromatic rings. The van der Waals surface area contributed by atoms with E-state index in [9.17, 15) is 0 Å². The molecule has 100 valence electrons. The summed E-state index contributed by atoms with van der Waals surface area (Å²) in [5.74, 6) is 1.69. The molecule has 18 heavy (non-hydrogen) atoms. The number of aromatic nitrogens is 1. The van der Waals surface area contributed by atoms with E-state index in [1.165, 1.54) is 0 Å². The topological polar surface area (TPSA) is 46.6 Å². The van der Waals surface area contributed by atoms with Gasteiger partial charge in [-0.15, -0.1) is 0 Å². The maximum Gasteiger partial charge on any atom is 0.137 e. The molecule has 0 unspecified atom stereocenters. The van der Waals surface area contributed by atoms with Crippen molar-refractivity contribution in [2.75, 3.05) is 51.8 Å². The van der Waals surface area contributed by atoms with Crippen molar-refractivity contribution < 1.29 is 9.47 Å². The SMILES string of the molecule is COc1ccc(NCCCN2CCOCC2)nc1. The van der Waals surface area contributed by atoms with Gasteiger partial charge in [0.05, 0.1) is 26.5 Å². The van der Waals surface area contributed by atoms with Crippen molar-refractivity contribution in [1.82, 2.24) is 9.88 Å². The van der Waals surface area contributed by atoms with E-state index in [1.807, 2.05) is 12.1 Å². The maximum absolute atomic E-state index is 5.32. The molecule has 0 saturated carbocycles. The second-order valence-electron chi connectivity index (χ2n) is 4.32. The van der Waals surface area contributed by atoms with Crippen molar-refractivity contribution in [3.8, 4) is 5.75 Å². The first-order valence-corrected chi connectivity index (χ1v) is 6.42. The van der Waals surface area contributed by atoms with Crippen LogP contribution in [0.5, 0.6) is 5.75 Å². The van der Waals surface area contributed by atoms with Gasteiger partial charge in [-0.3, -0.25) is 4.90 Å². The number of morpholine rings is 1. The molecule has 1 aromatic heterocycles. The maximum atomic E-state index is 5.32. The summed E-state index contributed by atoms with van der Waals surface area (Å²) >= 11 is 0. The first-order valence-electron chi connectivity index (χ1n) is 6.42. The highest BCUT2D eigenvalue weighted by molar-refractivity contribution is 5.37. The lowest BCUT2D eigenvalue weighted by molar-refractivity contribution is 0.0378. The first-order chi connectivity index (χ1) is 8.88. The molecule has 0 radical (unpaired) electrons. The zero-order valence-electron chi connectivity index (χ0n) is 10.9. The lowest BCUT2D eigenvalue weighted by atomic mass is 10.3. The molecule has 0 aromatic carbocycles. The summed E-state index contributed by atoms with van der Waals surface area (Å²) in [6.07, 6.45) is 2.85. The molecule has 5 heteroatoms. The normalized spacial score (nSPS) is 16.5. The number of ether oxygens (including phenoxy) is 2. The summed E-state index contributed by atoms with van der Waals surface area (Å²) in [5, 5.41) is 3.31. The smallest absolute Gasteiger partial charge is 0.137 e. The number of anilines is 1. The predicted molar refractivity (Wildman–Crippen MR) is 71.2 cm³/mol. The summed E-state index contributed by atoms with van der Waals surface area (Å²) in [6.45, 7) is 5.91. The van der Waals surface area contributed by atoms with E-state index in [1.54, 1.807) is 13.3 Å². The lowest BCUT2D eigenvalue weighted by Gasteiger charge is -2.26. The molecule has 5 nitrogen and oxygen atoms in total. The van der Waals surface area contributed by atoms with Crippen LogP contribution in [0.1, 0.15) is 6.42 Å². The zero-order valence-corrected chi connectivity index (χ0v) is 10.9. The standard InChI is InChI=1S/C13H21N3O2/c1-17-12-3-4-13(15-11-12)14-5-2-6-16-7-9-18-10-8-16/h3-4,11H,2,5-10H2,1H3,(H,14,15). The van der Waals surface area contributed by atoms with Crippen LogP contribution in [0.15, 0.2) is 18.3 Å². The number of rotatable bonds is 6. The molecule has 0 spiro atoms. The third kappa shape index (κ3) is 4.16. The summed E-state index contributed by atoms with van der Waals surface area (Å²) in [6, 6.07) is 3.85. The van der Waals surface area contributed by atoms with E-state index in [-0.39, 0.29) is 0 Å². The summed E-state index contributed by atoms with van der Waals surface area (Å²) in [5.41, 5.74) is 0. The quantitative estimate of drug-likeness (QED) is 0.770. The summed E-state index contributed by atoms with van der Waals surface area (Å²) < 4.78 is 10.4. The predicted octanol–water partition coefficient (Wildman–Crippen LogP) is 1.22. The fraction of sp³-hybridized carbons (Fsp3) is 0.615. The minimum Gasteiger partial charge on any atom is -0.495 e. The second-order valence-corrected chi connectivity index (χ2v) is 4.32. The molecule has 1 fully saturated rings. The van der Waals surface area contributed by atoms with Crippen LogP contribution in [0.2, 0.25) is 0 Å². The van der Waals surface area contributed by atoms with Gasteiger partial charge < -0.3 is 14.8 Å². The first kappa shape index (κ1) is 13.1. The Bertz CT molecular complexity index is 337. The molecule has 1 aliphatic rings. The Morgan fingerprint density at radius 2 is 2.22 bits per heavy atom. The Hall–Kier alpha value is -1.33. The molecule has 2 rings (SSSR count). The van der Waals surface area contributed by atoms with Gasteiger partial charge in [-0.25, -0.2) is 4.98 Å². The van der Waals surface area contributed by atoms with Crippen molar-refractivity contribution in [2.24, 2.45) is 0 Å². The minimum absolute atomic E-state index is 0.786. The van der Waals surface area contributed by atoms with Gasteiger partial charge in [0.2, 0.25) is 0 Å².